The Bertz CT molecular complexity index is 733. The highest BCUT2D eigenvalue weighted by Gasteiger charge is 2.14. The van der Waals surface area contributed by atoms with Gasteiger partial charge in [-0.3, -0.25) is 4.79 Å². The number of ether oxygens (including phenoxy) is 1. The average Bonchev–Trinajstić information content (AvgIpc) is 3.05. The Kier molecular flexibility index (Phi) is 6.06. The number of anilines is 2. The van der Waals surface area contributed by atoms with Gasteiger partial charge in [-0.05, 0) is 19.1 Å². The summed E-state index contributed by atoms with van der Waals surface area (Å²) in [5, 5.41) is 6.09. The Morgan fingerprint density at radius 1 is 1.32 bits per heavy atom. The molecule has 0 spiro atoms. The lowest BCUT2D eigenvalue weighted by Crippen LogP contribution is -2.37. The number of nitrogens with one attached hydrogen (secondary N) is 2. The minimum Gasteiger partial charge on any atom is -0.378 e. The van der Waals surface area contributed by atoms with Crippen molar-refractivity contribution >= 4 is 40.5 Å². The van der Waals surface area contributed by atoms with E-state index in [-0.39, 0.29) is 5.91 Å². The second-order valence-electron chi connectivity index (χ2n) is 5.54. The third kappa shape index (κ3) is 5.04. The molecule has 0 aliphatic carbocycles. The van der Waals surface area contributed by atoms with Gasteiger partial charge in [-0.2, -0.15) is 0 Å². The zero-order chi connectivity index (χ0) is 17.6. The molecule has 3 heterocycles. The van der Waals surface area contributed by atoms with E-state index in [4.69, 9.17) is 16.3 Å². The maximum atomic E-state index is 12.0. The summed E-state index contributed by atoms with van der Waals surface area (Å²) in [6, 6.07) is 5.37. The normalized spacial score (nSPS) is 14.4. The first-order chi connectivity index (χ1) is 12.1. The summed E-state index contributed by atoms with van der Waals surface area (Å²) in [6.45, 7) is 6.02. The Morgan fingerprint density at radius 3 is 2.84 bits per heavy atom. The van der Waals surface area contributed by atoms with Gasteiger partial charge in [0, 0.05) is 32.2 Å². The zero-order valence-corrected chi connectivity index (χ0v) is 15.5. The van der Waals surface area contributed by atoms with E-state index in [1.165, 1.54) is 11.3 Å². The molecule has 0 aromatic carbocycles. The first-order valence-corrected chi connectivity index (χ1v) is 9.27. The molecule has 0 bridgehead atoms. The summed E-state index contributed by atoms with van der Waals surface area (Å²) in [5.41, 5.74) is 0. The molecule has 1 aliphatic heterocycles. The third-order valence-electron chi connectivity index (χ3n) is 3.67. The Morgan fingerprint density at radius 2 is 2.12 bits per heavy atom. The van der Waals surface area contributed by atoms with Crippen molar-refractivity contribution in [1.29, 1.82) is 0 Å². The number of hydrogen-bond acceptors (Lipinski definition) is 7. The lowest BCUT2D eigenvalue weighted by atomic mass is 10.4. The maximum Gasteiger partial charge on any atom is 0.261 e. The number of nitrogens with zero attached hydrogens (tertiary/aromatic N) is 3. The highest BCUT2D eigenvalue weighted by Crippen LogP contribution is 2.21. The molecule has 25 heavy (non-hydrogen) atoms. The van der Waals surface area contributed by atoms with Crippen LogP contribution in [0.15, 0.2) is 18.2 Å². The molecule has 2 aromatic rings. The number of aryl methyl sites for hydroxylation is 1. The van der Waals surface area contributed by atoms with Gasteiger partial charge < -0.3 is 20.3 Å². The van der Waals surface area contributed by atoms with Crippen LogP contribution in [-0.4, -0.2) is 55.3 Å². The molecule has 7 nitrogen and oxygen atoms in total. The molecule has 1 amide bonds. The number of halogens is 1. The summed E-state index contributed by atoms with van der Waals surface area (Å²) in [5.74, 6) is 2.24. The van der Waals surface area contributed by atoms with Crippen LogP contribution in [0.1, 0.15) is 15.5 Å². The van der Waals surface area contributed by atoms with Crippen LogP contribution in [0.25, 0.3) is 0 Å². The van der Waals surface area contributed by atoms with E-state index in [1.54, 1.807) is 12.1 Å². The number of aromatic nitrogens is 2. The quantitative estimate of drug-likeness (QED) is 0.746. The molecule has 1 fully saturated rings. The van der Waals surface area contributed by atoms with Gasteiger partial charge in [0.05, 0.1) is 22.4 Å². The van der Waals surface area contributed by atoms with Crippen LogP contribution >= 0.6 is 22.9 Å². The number of morpholine rings is 1. The molecule has 1 saturated heterocycles. The SMILES string of the molecule is Cc1nc(NCCNC(=O)c2ccc(Cl)s2)cc(N2CCOCC2)n1. The summed E-state index contributed by atoms with van der Waals surface area (Å²) < 4.78 is 5.98. The van der Waals surface area contributed by atoms with E-state index in [2.05, 4.69) is 25.5 Å². The van der Waals surface area contributed by atoms with Crippen molar-refractivity contribution in [2.24, 2.45) is 0 Å². The van der Waals surface area contributed by atoms with Crippen LogP contribution in [0, 0.1) is 6.92 Å². The standard InChI is InChI=1S/C16H20ClN5O2S/c1-11-20-14(10-15(21-11)22-6-8-24-9-7-22)18-4-5-19-16(23)12-2-3-13(17)25-12/h2-3,10H,4-9H2,1H3,(H,19,23)(H,18,20,21). The van der Waals surface area contributed by atoms with Crippen LogP contribution in [0.5, 0.6) is 0 Å². The van der Waals surface area contributed by atoms with Crippen molar-refractivity contribution in [3.05, 3.63) is 33.2 Å². The van der Waals surface area contributed by atoms with E-state index in [0.717, 1.165) is 24.7 Å². The molecule has 0 unspecified atom stereocenters. The topological polar surface area (TPSA) is 79.4 Å². The predicted octanol–water partition coefficient (Wildman–Crippen LogP) is 2.18. The van der Waals surface area contributed by atoms with E-state index in [1.807, 2.05) is 13.0 Å². The molecular weight excluding hydrogens is 362 g/mol. The van der Waals surface area contributed by atoms with Gasteiger partial charge in [-0.25, -0.2) is 9.97 Å². The molecule has 0 atom stereocenters. The van der Waals surface area contributed by atoms with Crippen LogP contribution in [0.3, 0.4) is 0 Å². The number of hydrogen-bond donors (Lipinski definition) is 2. The molecular formula is C16H20ClN5O2S. The largest absolute Gasteiger partial charge is 0.378 e. The molecule has 134 valence electrons. The number of amides is 1. The maximum absolute atomic E-state index is 12.0. The first kappa shape index (κ1) is 17.9. The minimum absolute atomic E-state index is 0.119. The molecule has 9 heteroatoms. The van der Waals surface area contributed by atoms with Gasteiger partial charge in [0.25, 0.3) is 5.91 Å². The fourth-order valence-corrected chi connectivity index (χ4v) is 3.45. The monoisotopic (exact) mass is 381 g/mol. The summed E-state index contributed by atoms with van der Waals surface area (Å²) >= 11 is 7.11. The van der Waals surface area contributed by atoms with Crippen LogP contribution in [-0.2, 0) is 4.74 Å². The summed E-state index contributed by atoms with van der Waals surface area (Å²) in [6.07, 6.45) is 0. The smallest absolute Gasteiger partial charge is 0.261 e. The van der Waals surface area contributed by atoms with Crippen molar-refractivity contribution in [3.8, 4) is 0 Å². The van der Waals surface area contributed by atoms with Gasteiger partial charge in [0.2, 0.25) is 0 Å². The van der Waals surface area contributed by atoms with Gasteiger partial charge in [0.1, 0.15) is 17.5 Å². The van der Waals surface area contributed by atoms with E-state index in [9.17, 15) is 4.79 Å². The van der Waals surface area contributed by atoms with Gasteiger partial charge in [-0.15, -0.1) is 11.3 Å². The van der Waals surface area contributed by atoms with Crippen molar-refractivity contribution in [1.82, 2.24) is 15.3 Å². The fourth-order valence-electron chi connectivity index (χ4n) is 2.49. The molecule has 3 rings (SSSR count). The van der Waals surface area contributed by atoms with Crippen LogP contribution in [0.2, 0.25) is 4.34 Å². The van der Waals surface area contributed by atoms with E-state index >= 15 is 0 Å². The Hall–Kier alpha value is -1.90. The molecule has 0 radical (unpaired) electrons. The number of rotatable bonds is 6. The number of thiophene rings is 1. The summed E-state index contributed by atoms with van der Waals surface area (Å²) in [4.78, 5) is 23.6. The number of carbonyl (C=O) groups excluding carboxylic acids is 1. The van der Waals surface area contributed by atoms with Gasteiger partial charge >= 0.3 is 0 Å². The highest BCUT2D eigenvalue weighted by atomic mass is 35.5. The van der Waals surface area contributed by atoms with Crippen molar-refractivity contribution in [2.75, 3.05) is 49.6 Å². The second-order valence-corrected chi connectivity index (χ2v) is 7.26. The van der Waals surface area contributed by atoms with E-state index < -0.39 is 0 Å². The molecule has 2 N–H and O–H groups in total. The number of carbonyl (C=O) groups is 1. The van der Waals surface area contributed by atoms with Crippen molar-refractivity contribution in [3.63, 3.8) is 0 Å². The van der Waals surface area contributed by atoms with Crippen LogP contribution in [0.4, 0.5) is 11.6 Å². The predicted molar refractivity (Wildman–Crippen MR) is 100.0 cm³/mol. The van der Waals surface area contributed by atoms with Crippen molar-refractivity contribution in [2.45, 2.75) is 6.92 Å². The van der Waals surface area contributed by atoms with Crippen molar-refractivity contribution < 1.29 is 9.53 Å². The summed E-state index contributed by atoms with van der Waals surface area (Å²) in [7, 11) is 0. The van der Waals surface area contributed by atoms with E-state index in [0.29, 0.717) is 41.3 Å². The van der Waals surface area contributed by atoms with Gasteiger partial charge in [0.15, 0.2) is 0 Å². The molecule has 1 aliphatic rings. The lowest BCUT2D eigenvalue weighted by molar-refractivity contribution is 0.0959. The second kappa shape index (κ2) is 8.46. The van der Waals surface area contributed by atoms with Gasteiger partial charge in [-0.1, -0.05) is 11.6 Å². The third-order valence-corrected chi connectivity index (χ3v) is 4.90. The Labute approximate surface area is 155 Å². The first-order valence-electron chi connectivity index (χ1n) is 8.07. The molecule has 0 saturated carbocycles. The lowest BCUT2D eigenvalue weighted by Gasteiger charge is -2.28. The zero-order valence-electron chi connectivity index (χ0n) is 13.9. The fraction of sp³-hybridized carbons (Fsp3) is 0.438. The van der Waals surface area contributed by atoms with Crippen LogP contribution < -0.4 is 15.5 Å². The molecule has 2 aromatic heterocycles. The highest BCUT2D eigenvalue weighted by molar-refractivity contribution is 7.17. The Balaban J connectivity index is 1.51. The average molecular weight is 382 g/mol. The minimum atomic E-state index is -0.119.